The average Bonchev–Trinajstić information content (AvgIpc) is 2.45. The minimum atomic E-state index is -3.17. The topological polar surface area (TPSA) is 83.7 Å². The van der Waals surface area contributed by atoms with Gasteiger partial charge in [-0.1, -0.05) is 19.1 Å². The number of thioether (sulfide) groups is 1. The zero-order valence-corrected chi connectivity index (χ0v) is 14.9. The summed E-state index contributed by atoms with van der Waals surface area (Å²) < 4.78 is 24.2. The molecule has 0 spiro atoms. The molecule has 1 rings (SSSR count). The van der Waals surface area contributed by atoms with Crippen molar-refractivity contribution in [2.45, 2.75) is 18.7 Å². The summed E-state index contributed by atoms with van der Waals surface area (Å²) in [6.07, 6.45) is 0.476. The van der Waals surface area contributed by atoms with Crippen molar-refractivity contribution in [3.63, 3.8) is 0 Å². The highest BCUT2D eigenvalue weighted by molar-refractivity contribution is 8.01. The SMILES string of the molecule is CCS(=O)(=O)C1CSCCN1CC(=O)N(C)CCC(N)=S. The molecule has 6 nitrogen and oxygen atoms in total. The van der Waals surface area contributed by atoms with Gasteiger partial charge in [-0.3, -0.25) is 9.69 Å². The van der Waals surface area contributed by atoms with Crippen molar-refractivity contribution in [1.29, 1.82) is 0 Å². The molecule has 1 aliphatic rings. The molecule has 2 N–H and O–H groups in total. The Bertz CT molecular complexity index is 481. The molecule has 1 unspecified atom stereocenters. The molecule has 0 radical (unpaired) electrons. The fourth-order valence-electron chi connectivity index (χ4n) is 2.02. The van der Waals surface area contributed by atoms with Gasteiger partial charge in [0, 0.05) is 43.8 Å². The lowest BCUT2D eigenvalue weighted by atomic mass is 10.3. The number of nitrogens with zero attached hydrogens (tertiary/aromatic N) is 2. The third-order valence-corrected chi connectivity index (χ3v) is 7.00. The van der Waals surface area contributed by atoms with Gasteiger partial charge in [0.15, 0.2) is 9.84 Å². The normalized spacial score (nSPS) is 20.2. The Morgan fingerprint density at radius 1 is 1.52 bits per heavy atom. The first kappa shape index (κ1) is 18.7. The highest BCUT2D eigenvalue weighted by Crippen LogP contribution is 2.21. The van der Waals surface area contributed by atoms with Crippen molar-refractivity contribution < 1.29 is 13.2 Å². The molecule has 1 fully saturated rings. The number of hydrogen-bond donors (Lipinski definition) is 1. The van der Waals surface area contributed by atoms with E-state index >= 15 is 0 Å². The second-order valence-electron chi connectivity index (χ2n) is 4.98. The summed E-state index contributed by atoms with van der Waals surface area (Å²) in [6.45, 7) is 2.84. The molecule has 1 heterocycles. The van der Waals surface area contributed by atoms with Crippen LogP contribution in [0.15, 0.2) is 0 Å². The monoisotopic (exact) mass is 353 g/mol. The van der Waals surface area contributed by atoms with E-state index in [-0.39, 0.29) is 18.2 Å². The van der Waals surface area contributed by atoms with Gasteiger partial charge in [0.2, 0.25) is 5.91 Å². The van der Waals surface area contributed by atoms with Gasteiger partial charge in [0.05, 0.1) is 11.5 Å². The molecule has 0 aromatic carbocycles. The maximum atomic E-state index is 12.2. The quantitative estimate of drug-likeness (QED) is 0.642. The minimum absolute atomic E-state index is 0.0974. The lowest BCUT2D eigenvalue weighted by molar-refractivity contribution is -0.131. The predicted octanol–water partition coefficient (Wildman–Crippen LogP) is -0.0694. The summed E-state index contributed by atoms with van der Waals surface area (Å²) in [5.41, 5.74) is 5.42. The van der Waals surface area contributed by atoms with Crippen molar-refractivity contribution in [2.24, 2.45) is 5.73 Å². The van der Waals surface area contributed by atoms with Crippen LogP contribution in [0.2, 0.25) is 0 Å². The minimum Gasteiger partial charge on any atom is -0.393 e. The third kappa shape index (κ3) is 5.72. The van der Waals surface area contributed by atoms with Crippen LogP contribution in [0.5, 0.6) is 0 Å². The number of likely N-dealkylation sites (N-methyl/N-ethyl adjacent to an activating group) is 1. The highest BCUT2D eigenvalue weighted by atomic mass is 32.2. The van der Waals surface area contributed by atoms with E-state index in [1.165, 1.54) is 0 Å². The molecule has 9 heteroatoms. The first-order chi connectivity index (χ1) is 9.77. The number of thiocarbonyl (C=S) groups is 1. The molecule has 0 aliphatic carbocycles. The van der Waals surface area contributed by atoms with Crippen LogP contribution in [0.4, 0.5) is 0 Å². The van der Waals surface area contributed by atoms with Crippen LogP contribution in [0, 0.1) is 0 Å². The smallest absolute Gasteiger partial charge is 0.236 e. The molecular formula is C12H23N3O3S3. The number of rotatable bonds is 7. The number of amides is 1. The standard InChI is InChI=1S/C12H23N3O3S3/c1-3-21(17,18)12-9-20-7-6-15(12)8-11(16)14(2)5-4-10(13)19/h12H,3-9H2,1-2H3,(H2,13,19). The van der Waals surface area contributed by atoms with E-state index in [1.54, 1.807) is 35.5 Å². The lowest BCUT2D eigenvalue weighted by Gasteiger charge is -2.35. The largest absolute Gasteiger partial charge is 0.393 e. The van der Waals surface area contributed by atoms with Gasteiger partial charge in [-0.05, 0) is 0 Å². The van der Waals surface area contributed by atoms with Crippen LogP contribution in [0.1, 0.15) is 13.3 Å². The Labute approximate surface area is 136 Å². The van der Waals surface area contributed by atoms with Gasteiger partial charge in [-0.25, -0.2) is 8.42 Å². The van der Waals surface area contributed by atoms with Gasteiger partial charge < -0.3 is 10.6 Å². The van der Waals surface area contributed by atoms with Gasteiger partial charge in [-0.2, -0.15) is 11.8 Å². The van der Waals surface area contributed by atoms with Crippen molar-refractivity contribution in [1.82, 2.24) is 9.80 Å². The van der Waals surface area contributed by atoms with E-state index in [0.29, 0.717) is 30.3 Å². The van der Waals surface area contributed by atoms with Crippen molar-refractivity contribution in [3.8, 4) is 0 Å². The first-order valence-electron chi connectivity index (χ1n) is 6.83. The highest BCUT2D eigenvalue weighted by Gasteiger charge is 2.34. The number of carbonyl (C=O) groups excluding carboxylic acids is 1. The van der Waals surface area contributed by atoms with Crippen LogP contribution in [-0.2, 0) is 14.6 Å². The molecule has 122 valence electrons. The molecular weight excluding hydrogens is 330 g/mol. The third-order valence-electron chi connectivity index (χ3n) is 3.47. The lowest BCUT2D eigenvalue weighted by Crippen LogP contribution is -2.51. The van der Waals surface area contributed by atoms with E-state index < -0.39 is 15.2 Å². The summed E-state index contributed by atoms with van der Waals surface area (Å²) in [7, 11) is -1.49. The molecule has 0 bridgehead atoms. The maximum Gasteiger partial charge on any atom is 0.236 e. The maximum absolute atomic E-state index is 12.2. The molecule has 1 atom stereocenters. The zero-order chi connectivity index (χ0) is 16.0. The summed E-state index contributed by atoms with van der Waals surface area (Å²) in [5.74, 6) is 1.37. The Kier molecular flexibility index (Phi) is 7.38. The molecule has 1 amide bonds. The molecule has 21 heavy (non-hydrogen) atoms. The summed E-state index contributed by atoms with van der Waals surface area (Å²) in [5, 5.41) is -0.561. The second-order valence-corrected chi connectivity index (χ2v) is 9.10. The average molecular weight is 354 g/mol. The molecule has 0 aromatic rings. The molecule has 0 aromatic heterocycles. The van der Waals surface area contributed by atoms with Crippen molar-refractivity contribution in [2.75, 3.05) is 43.9 Å². The predicted molar refractivity (Wildman–Crippen MR) is 91.2 cm³/mol. The fourth-order valence-corrected chi connectivity index (χ4v) is 5.19. The van der Waals surface area contributed by atoms with Gasteiger partial charge in [-0.15, -0.1) is 0 Å². The van der Waals surface area contributed by atoms with Gasteiger partial charge >= 0.3 is 0 Å². The van der Waals surface area contributed by atoms with Gasteiger partial charge in [0.25, 0.3) is 0 Å². The summed E-state index contributed by atoms with van der Waals surface area (Å²) >= 11 is 6.41. The molecule has 1 saturated heterocycles. The van der Waals surface area contributed by atoms with Crippen LogP contribution < -0.4 is 5.73 Å². The van der Waals surface area contributed by atoms with Crippen LogP contribution >= 0.6 is 24.0 Å². The van der Waals surface area contributed by atoms with Crippen molar-refractivity contribution in [3.05, 3.63) is 0 Å². The summed E-state index contributed by atoms with van der Waals surface area (Å²) in [4.78, 5) is 15.9. The Morgan fingerprint density at radius 3 is 2.76 bits per heavy atom. The summed E-state index contributed by atoms with van der Waals surface area (Å²) in [6, 6.07) is 0. The van der Waals surface area contributed by atoms with E-state index in [9.17, 15) is 13.2 Å². The number of nitrogens with two attached hydrogens (primary N) is 1. The number of hydrogen-bond acceptors (Lipinski definition) is 6. The fraction of sp³-hybridized carbons (Fsp3) is 0.833. The van der Waals surface area contributed by atoms with Gasteiger partial charge in [0.1, 0.15) is 5.37 Å². The first-order valence-corrected chi connectivity index (χ1v) is 10.1. The Balaban J connectivity index is 2.65. The van der Waals surface area contributed by atoms with Crippen molar-refractivity contribution >= 4 is 44.7 Å². The van der Waals surface area contributed by atoms with E-state index in [2.05, 4.69) is 0 Å². The Morgan fingerprint density at radius 2 is 2.19 bits per heavy atom. The second kappa shape index (κ2) is 8.30. The van der Waals surface area contributed by atoms with E-state index in [0.717, 1.165) is 5.75 Å². The van der Waals surface area contributed by atoms with Crippen LogP contribution in [0.3, 0.4) is 0 Å². The number of carbonyl (C=O) groups is 1. The zero-order valence-electron chi connectivity index (χ0n) is 12.4. The van der Waals surface area contributed by atoms with E-state index in [1.807, 2.05) is 0 Å². The molecule has 1 aliphatic heterocycles. The molecule has 0 saturated carbocycles. The van der Waals surface area contributed by atoms with E-state index in [4.69, 9.17) is 18.0 Å². The van der Waals surface area contributed by atoms with Crippen LogP contribution in [0.25, 0.3) is 0 Å². The van der Waals surface area contributed by atoms with Crippen LogP contribution in [-0.4, -0.2) is 78.4 Å². The Hall–Kier alpha value is -0.380. The number of sulfone groups is 1.